The number of azide groups is 1. The third-order valence-electron chi connectivity index (χ3n) is 2.07. The Kier molecular flexibility index (Phi) is 4.82. The highest BCUT2D eigenvalue weighted by atomic mass is 32.2. The summed E-state index contributed by atoms with van der Waals surface area (Å²) in [6, 6.07) is 0. The van der Waals surface area contributed by atoms with Crippen molar-refractivity contribution in [1.82, 2.24) is 4.90 Å². The third kappa shape index (κ3) is 4.26. The Morgan fingerprint density at radius 2 is 2.15 bits per heavy atom. The van der Waals surface area contributed by atoms with E-state index in [1.54, 1.807) is 0 Å². The van der Waals surface area contributed by atoms with Crippen LogP contribution in [0.2, 0.25) is 0 Å². The first-order valence-corrected chi connectivity index (χ1v) is 5.90. The molecule has 0 spiro atoms. The van der Waals surface area contributed by atoms with Gasteiger partial charge < -0.3 is 4.90 Å². The largest absolute Gasteiger partial charge is 0.302 e. The standard InChI is InChI=1S/C7H14N4OS/c8-10-9-2-1-3-11-4-6-13(12)7-5-11/h1-7H2. The lowest BCUT2D eigenvalue weighted by Gasteiger charge is -2.25. The first-order chi connectivity index (χ1) is 6.33. The van der Waals surface area contributed by atoms with Crippen LogP contribution >= 0.6 is 0 Å². The summed E-state index contributed by atoms with van der Waals surface area (Å²) < 4.78 is 11.0. The zero-order chi connectivity index (χ0) is 9.52. The van der Waals surface area contributed by atoms with Crippen LogP contribution in [0.25, 0.3) is 10.4 Å². The van der Waals surface area contributed by atoms with Crippen molar-refractivity contribution < 1.29 is 4.21 Å². The van der Waals surface area contributed by atoms with E-state index in [0.29, 0.717) is 6.54 Å². The highest BCUT2D eigenvalue weighted by Crippen LogP contribution is 2.00. The van der Waals surface area contributed by atoms with Crippen molar-refractivity contribution in [3.8, 4) is 0 Å². The van der Waals surface area contributed by atoms with Gasteiger partial charge in [-0.1, -0.05) is 5.11 Å². The van der Waals surface area contributed by atoms with E-state index in [-0.39, 0.29) is 0 Å². The molecule has 1 aliphatic heterocycles. The molecule has 0 unspecified atom stereocenters. The molecule has 1 fully saturated rings. The highest BCUT2D eigenvalue weighted by molar-refractivity contribution is 7.85. The average Bonchev–Trinajstić information content (AvgIpc) is 2.15. The Labute approximate surface area is 80.2 Å². The maximum atomic E-state index is 11.0. The lowest BCUT2D eigenvalue weighted by molar-refractivity contribution is 0.297. The lowest BCUT2D eigenvalue weighted by atomic mass is 10.4. The molecule has 0 aromatic heterocycles. The summed E-state index contributed by atoms with van der Waals surface area (Å²) in [6.07, 6.45) is 0.899. The van der Waals surface area contributed by atoms with Crippen LogP contribution in [-0.2, 0) is 10.8 Å². The van der Waals surface area contributed by atoms with Crippen LogP contribution in [0.5, 0.6) is 0 Å². The average molecular weight is 202 g/mol. The summed E-state index contributed by atoms with van der Waals surface area (Å²) in [5.74, 6) is 1.59. The summed E-state index contributed by atoms with van der Waals surface area (Å²) in [5, 5.41) is 3.47. The fraction of sp³-hybridized carbons (Fsp3) is 1.00. The minimum Gasteiger partial charge on any atom is -0.302 e. The Balaban J connectivity index is 2.08. The Bertz CT molecular complexity index is 217. The molecule has 0 radical (unpaired) electrons. The van der Waals surface area contributed by atoms with Gasteiger partial charge in [0.05, 0.1) is 0 Å². The van der Waals surface area contributed by atoms with E-state index in [9.17, 15) is 4.21 Å². The molecule has 0 amide bonds. The molecule has 5 nitrogen and oxygen atoms in total. The van der Waals surface area contributed by atoms with Crippen LogP contribution in [-0.4, -0.2) is 46.8 Å². The van der Waals surface area contributed by atoms with Crippen molar-refractivity contribution in [1.29, 1.82) is 0 Å². The molecule has 0 bridgehead atoms. The normalized spacial score (nSPS) is 19.7. The van der Waals surface area contributed by atoms with Crippen molar-refractivity contribution >= 4 is 10.8 Å². The summed E-state index contributed by atoms with van der Waals surface area (Å²) >= 11 is 0. The van der Waals surface area contributed by atoms with E-state index in [1.807, 2.05) is 0 Å². The smallest absolute Gasteiger partial charge is 0.0363 e. The Morgan fingerprint density at radius 1 is 1.46 bits per heavy atom. The molecule has 1 saturated heterocycles. The summed E-state index contributed by atoms with van der Waals surface area (Å²) in [6.45, 7) is 3.36. The molecule has 0 aliphatic carbocycles. The fourth-order valence-corrected chi connectivity index (χ4v) is 2.44. The van der Waals surface area contributed by atoms with Crippen LogP contribution in [0.1, 0.15) is 6.42 Å². The first-order valence-electron chi connectivity index (χ1n) is 4.41. The Morgan fingerprint density at radius 3 is 2.77 bits per heavy atom. The first kappa shape index (κ1) is 10.5. The molecular formula is C7H14N4OS. The molecule has 13 heavy (non-hydrogen) atoms. The number of nitrogens with zero attached hydrogens (tertiary/aromatic N) is 4. The quantitative estimate of drug-likeness (QED) is 0.292. The van der Waals surface area contributed by atoms with Gasteiger partial charge in [0.25, 0.3) is 0 Å². The second kappa shape index (κ2) is 5.96. The van der Waals surface area contributed by atoms with Crippen LogP contribution in [0.15, 0.2) is 5.11 Å². The summed E-state index contributed by atoms with van der Waals surface area (Å²) in [7, 11) is -0.593. The molecule has 0 aromatic rings. The maximum absolute atomic E-state index is 11.0. The molecule has 1 aliphatic rings. The Hall–Kier alpha value is -0.580. The molecular weight excluding hydrogens is 188 g/mol. The van der Waals surface area contributed by atoms with Crippen molar-refractivity contribution in [3.63, 3.8) is 0 Å². The van der Waals surface area contributed by atoms with Gasteiger partial charge in [0.1, 0.15) is 0 Å². The van der Waals surface area contributed by atoms with E-state index >= 15 is 0 Å². The molecule has 1 rings (SSSR count). The van der Waals surface area contributed by atoms with Gasteiger partial charge in [-0.3, -0.25) is 4.21 Å². The van der Waals surface area contributed by atoms with E-state index in [2.05, 4.69) is 14.9 Å². The predicted octanol–water partition coefficient (Wildman–Crippen LogP) is 0.751. The highest BCUT2D eigenvalue weighted by Gasteiger charge is 2.13. The van der Waals surface area contributed by atoms with Gasteiger partial charge in [-0.15, -0.1) is 0 Å². The van der Waals surface area contributed by atoms with E-state index in [4.69, 9.17) is 5.53 Å². The van der Waals surface area contributed by atoms with E-state index < -0.39 is 10.8 Å². The van der Waals surface area contributed by atoms with Crippen molar-refractivity contribution in [3.05, 3.63) is 10.4 Å². The van der Waals surface area contributed by atoms with Gasteiger partial charge in [0.15, 0.2) is 0 Å². The van der Waals surface area contributed by atoms with Gasteiger partial charge in [-0.25, -0.2) is 0 Å². The van der Waals surface area contributed by atoms with Crippen LogP contribution in [0.4, 0.5) is 0 Å². The topological polar surface area (TPSA) is 69.1 Å². The van der Waals surface area contributed by atoms with Crippen molar-refractivity contribution in [2.75, 3.05) is 37.7 Å². The van der Waals surface area contributed by atoms with Gasteiger partial charge in [-0.2, -0.15) is 0 Å². The number of hydrogen-bond donors (Lipinski definition) is 0. The van der Waals surface area contributed by atoms with Gasteiger partial charge in [0.2, 0.25) is 0 Å². The summed E-state index contributed by atoms with van der Waals surface area (Å²) in [5.41, 5.74) is 8.04. The van der Waals surface area contributed by atoms with Crippen molar-refractivity contribution in [2.24, 2.45) is 5.11 Å². The zero-order valence-corrected chi connectivity index (χ0v) is 8.37. The number of hydrogen-bond acceptors (Lipinski definition) is 3. The van der Waals surface area contributed by atoms with Gasteiger partial charge >= 0.3 is 0 Å². The molecule has 0 N–H and O–H groups in total. The molecule has 1 heterocycles. The second-order valence-electron chi connectivity index (χ2n) is 3.00. The second-order valence-corrected chi connectivity index (χ2v) is 4.69. The molecule has 0 aromatic carbocycles. The molecule has 74 valence electrons. The molecule has 6 heteroatoms. The van der Waals surface area contributed by atoms with Gasteiger partial charge in [-0.05, 0) is 18.5 Å². The van der Waals surface area contributed by atoms with E-state index in [1.165, 1.54) is 0 Å². The maximum Gasteiger partial charge on any atom is 0.0363 e. The van der Waals surface area contributed by atoms with Crippen molar-refractivity contribution in [2.45, 2.75) is 6.42 Å². The molecule has 0 saturated carbocycles. The zero-order valence-electron chi connectivity index (χ0n) is 7.56. The van der Waals surface area contributed by atoms with Crippen LogP contribution in [0, 0.1) is 0 Å². The van der Waals surface area contributed by atoms with Crippen LogP contribution in [0.3, 0.4) is 0 Å². The minimum absolute atomic E-state index is 0.566. The third-order valence-corrected chi connectivity index (χ3v) is 3.34. The lowest BCUT2D eigenvalue weighted by Crippen LogP contribution is -2.38. The minimum atomic E-state index is -0.593. The monoisotopic (exact) mass is 202 g/mol. The predicted molar refractivity (Wildman–Crippen MR) is 52.9 cm³/mol. The molecule has 0 atom stereocenters. The number of rotatable bonds is 4. The van der Waals surface area contributed by atoms with E-state index in [0.717, 1.165) is 37.6 Å². The summed E-state index contributed by atoms with van der Waals surface area (Å²) in [4.78, 5) is 4.96. The SMILES string of the molecule is [N-]=[N+]=NCCCN1CCS(=O)CC1. The van der Waals surface area contributed by atoms with Gasteiger partial charge in [0, 0.05) is 46.9 Å². The fourth-order valence-electron chi connectivity index (χ4n) is 1.31. The van der Waals surface area contributed by atoms with Crippen LogP contribution < -0.4 is 0 Å².